The molecule has 0 aromatic rings. The van der Waals surface area contributed by atoms with Gasteiger partial charge in [-0.05, 0) is 40.8 Å². The number of carbonyl (C=O) groups excluding carboxylic acids is 1. The Balaban J connectivity index is 0.000000561. The minimum absolute atomic E-state index is 0.168. The zero-order valence-corrected chi connectivity index (χ0v) is 15.1. The number of carboxylic acids is 2. The van der Waals surface area contributed by atoms with Crippen molar-refractivity contribution in [3.05, 3.63) is 12.2 Å². The van der Waals surface area contributed by atoms with Gasteiger partial charge in [0.05, 0.1) is 0 Å². The molecule has 0 saturated heterocycles. The second kappa shape index (κ2) is 10.6. The first kappa shape index (κ1) is 21.9. The summed E-state index contributed by atoms with van der Waals surface area (Å²) in [5.74, 6) is -2.51. The quantitative estimate of drug-likeness (QED) is 0.702. The number of carbonyl (C=O) groups is 3. The molecule has 1 aliphatic rings. The van der Waals surface area contributed by atoms with Crippen LogP contribution in [-0.4, -0.2) is 89.2 Å². The lowest BCUT2D eigenvalue weighted by Gasteiger charge is -2.46. The summed E-state index contributed by atoms with van der Waals surface area (Å²) in [5.41, 5.74) is 0. The van der Waals surface area contributed by atoms with E-state index in [0.717, 1.165) is 19.5 Å². The molecule has 8 heteroatoms. The summed E-state index contributed by atoms with van der Waals surface area (Å²) in [5, 5.41) is 15.6. The lowest BCUT2D eigenvalue weighted by molar-refractivity contribution is -0.134. The van der Waals surface area contributed by atoms with Crippen LogP contribution in [0.15, 0.2) is 12.2 Å². The fourth-order valence-corrected chi connectivity index (χ4v) is 2.52. The average molecular weight is 343 g/mol. The molecule has 0 unspecified atom stereocenters. The predicted molar refractivity (Wildman–Crippen MR) is 91.0 cm³/mol. The van der Waals surface area contributed by atoms with Gasteiger partial charge in [0.25, 0.3) is 0 Å². The fourth-order valence-electron chi connectivity index (χ4n) is 2.52. The lowest BCUT2D eigenvalue weighted by atomic mass is 9.84. The van der Waals surface area contributed by atoms with E-state index in [1.807, 2.05) is 30.7 Å². The van der Waals surface area contributed by atoms with Crippen molar-refractivity contribution in [1.82, 2.24) is 14.7 Å². The number of aliphatic carboxylic acids is 2. The normalized spacial score (nSPS) is 19.2. The minimum atomic E-state index is -1.26. The van der Waals surface area contributed by atoms with Crippen molar-refractivity contribution in [3.63, 3.8) is 0 Å². The number of urea groups is 1. The molecule has 24 heavy (non-hydrogen) atoms. The highest BCUT2D eigenvalue weighted by Crippen LogP contribution is 2.28. The number of carboxylic acid groups (broad SMARTS) is 2. The van der Waals surface area contributed by atoms with Crippen molar-refractivity contribution < 1.29 is 24.6 Å². The van der Waals surface area contributed by atoms with E-state index in [9.17, 15) is 14.4 Å². The molecule has 0 heterocycles. The first-order valence-electron chi connectivity index (χ1n) is 7.97. The monoisotopic (exact) mass is 343 g/mol. The van der Waals surface area contributed by atoms with Gasteiger partial charge < -0.3 is 24.9 Å². The van der Waals surface area contributed by atoms with Crippen molar-refractivity contribution in [2.75, 3.05) is 34.2 Å². The molecule has 1 aliphatic carbocycles. The Kier molecular flexibility index (Phi) is 9.71. The Morgan fingerprint density at radius 1 is 0.917 bits per heavy atom. The topological polar surface area (TPSA) is 101 Å². The molecule has 0 spiro atoms. The molecule has 2 atom stereocenters. The molecule has 0 bridgehead atoms. The van der Waals surface area contributed by atoms with E-state index < -0.39 is 11.9 Å². The van der Waals surface area contributed by atoms with Crippen LogP contribution in [0.1, 0.15) is 26.7 Å². The fraction of sp³-hybridized carbons (Fsp3) is 0.688. The first-order valence-corrected chi connectivity index (χ1v) is 7.97. The van der Waals surface area contributed by atoms with Crippen molar-refractivity contribution in [2.24, 2.45) is 0 Å². The van der Waals surface area contributed by atoms with Gasteiger partial charge in [-0.3, -0.25) is 0 Å². The molecule has 0 aliphatic heterocycles. The summed E-state index contributed by atoms with van der Waals surface area (Å²) in [6.45, 7) is 5.64. The molecule has 1 fully saturated rings. The number of nitrogens with zero attached hydrogens (tertiary/aromatic N) is 3. The van der Waals surface area contributed by atoms with Crippen LogP contribution in [0.5, 0.6) is 0 Å². The van der Waals surface area contributed by atoms with E-state index in [1.165, 1.54) is 6.42 Å². The van der Waals surface area contributed by atoms with Gasteiger partial charge >= 0.3 is 18.0 Å². The largest absolute Gasteiger partial charge is 0.478 e. The van der Waals surface area contributed by atoms with E-state index in [1.54, 1.807) is 0 Å². The third kappa shape index (κ3) is 6.99. The Morgan fingerprint density at radius 2 is 1.33 bits per heavy atom. The summed E-state index contributed by atoms with van der Waals surface area (Å²) < 4.78 is 0. The van der Waals surface area contributed by atoms with Crippen LogP contribution in [0, 0.1) is 0 Å². The predicted octanol–water partition coefficient (Wildman–Crippen LogP) is 1.18. The number of rotatable bonds is 6. The highest BCUT2D eigenvalue weighted by atomic mass is 16.4. The standard InChI is InChI=1S/C12H25N3O.C4H4O4/c1-6-15(7-2)12(16)14(5)11-9-8-10(11)13(3)4;5-3(6)1-2-4(7)8/h10-11H,6-9H2,1-5H3;1-2H,(H,5,6)(H,7,8)/b;2-1-/t10-,11-;/m0./s1. The third-order valence-electron chi connectivity index (χ3n) is 4.07. The molecule has 0 aromatic carbocycles. The van der Waals surface area contributed by atoms with Gasteiger partial charge in [0.1, 0.15) is 0 Å². The third-order valence-corrected chi connectivity index (χ3v) is 4.07. The SMILES string of the molecule is CCN(CC)C(=O)N(C)[C@H]1CC[C@@H]1N(C)C.O=C(O)/C=C\C(=O)O. The lowest BCUT2D eigenvalue weighted by Crippen LogP contribution is -2.58. The average Bonchev–Trinajstić information content (AvgIpc) is 2.45. The molecule has 2 amide bonds. The molecule has 1 saturated carbocycles. The minimum Gasteiger partial charge on any atom is -0.478 e. The molecule has 1 rings (SSSR count). The highest BCUT2D eigenvalue weighted by Gasteiger charge is 2.38. The van der Waals surface area contributed by atoms with Gasteiger partial charge in [-0.15, -0.1) is 0 Å². The number of likely N-dealkylation sites (N-methyl/N-ethyl adjacent to an activating group) is 2. The van der Waals surface area contributed by atoms with Gasteiger partial charge in [-0.1, -0.05) is 0 Å². The van der Waals surface area contributed by atoms with E-state index in [4.69, 9.17) is 10.2 Å². The maximum atomic E-state index is 12.1. The van der Waals surface area contributed by atoms with Crippen molar-refractivity contribution in [1.29, 1.82) is 0 Å². The van der Waals surface area contributed by atoms with Gasteiger partial charge in [0, 0.05) is 44.4 Å². The van der Waals surface area contributed by atoms with Crippen LogP contribution in [-0.2, 0) is 9.59 Å². The summed E-state index contributed by atoms with van der Waals surface area (Å²) >= 11 is 0. The van der Waals surface area contributed by atoms with Crippen LogP contribution in [0.3, 0.4) is 0 Å². The van der Waals surface area contributed by atoms with Crippen molar-refractivity contribution in [2.45, 2.75) is 38.8 Å². The van der Waals surface area contributed by atoms with E-state index >= 15 is 0 Å². The second-order valence-electron chi connectivity index (χ2n) is 5.75. The van der Waals surface area contributed by atoms with E-state index in [-0.39, 0.29) is 6.03 Å². The van der Waals surface area contributed by atoms with Gasteiger partial charge in [0.2, 0.25) is 0 Å². The Morgan fingerprint density at radius 3 is 1.58 bits per heavy atom. The molecular weight excluding hydrogens is 314 g/mol. The molecule has 8 nitrogen and oxygen atoms in total. The zero-order chi connectivity index (χ0) is 18.9. The van der Waals surface area contributed by atoms with Crippen LogP contribution < -0.4 is 0 Å². The molecule has 2 N–H and O–H groups in total. The van der Waals surface area contributed by atoms with Crippen LogP contribution in [0.2, 0.25) is 0 Å². The summed E-state index contributed by atoms with van der Waals surface area (Å²) in [6, 6.07) is 1.09. The van der Waals surface area contributed by atoms with Crippen LogP contribution >= 0.6 is 0 Å². The van der Waals surface area contributed by atoms with Gasteiger partial charge in [0.15, 0.2) is 0 Å². The molecule has 0 aromatic heterocycles. The Labute approximate surface area is 143 Å². The Bertz CT molecular complexity index is 445. The van der Waals surface area contributed by atoms with Gasteiger partial charge in [-0.25, -0.2) is 14.4 Å². The summed E-state index contributed by atoms with van der Waals surface area (Å²) in [7, 11) is 6.11. The van der Waals surface area contributed by atoms with Crippen molar-refractivity contribution >= 4 is 18.0 Å². The maximum absolute atomic E-state index is 12.1. The summed E-state index contributed by atoms with van der Waals surface area (Å²) in [4.78, 5) is 37.3. The first-order chi connectivity index (χ1) is 11.1. The molecule has 138 valence electrons. The van der Waals surface area contributed by atoms with Crippen molar-refractivity contribution in [3.8, 4) is 0 Å². The zero-order valence-electron chi connectivity index (χ0n) is 15.1. The van der Waals surface area contributed by atoms with Crippen LogP contribution in [0.4, 0.5) is 4.79 Å². The molecule has 0 radical (unpaired) electrons. The second-order valence-corrected chi connectivity index (χ2v) is 5.75. The molecular formula is C16H29N3O5. The number of amides is 2. The van der Waals surface area contributed by atoms with Crippen LogP contribution in [0.25, 0.3) is 0 Å². The van der Waals surface area contributed by atoms with E-state index in [2.05, 4.69) is 19.0 Å². The van der Waals surface area contributed by atoms with Gasteiger partial charge in [-0.2, -0.15) is 0 Å². The highest BCUT2D eigenvalue weighted by molar-refractivity contribution is 5.89. The summed E-state index contributed by atoms with van der Waals surface area (Å²) in [6.07, 6.45) is 3.45. The van der Waals surface area contributed by atoms with E-state index in [0.29, 0.717) is 24.2 Å². The Hall–Kier alpha value is -2.09. The number of hydrogen-bond donors (Lipinski definition) is 2. The smallest absolute Gasteiger partial charge is 0.328 e. The number of hydrogen-bond acceptors (Lipinski definition) is 4. The maximum Gasteiger partial charge on any atom is 0.328 e.